The number of para-hydroxylation sites is 3. The smallest absolute Gasteiger partial charge is 0.241 e. The Morgan fingerprint density at radius 3 is 2.42 bits per heavy atom. The van der Waals surface area contributed by atoms with Gasteiger partial charge in [-0.25, -0.2) is 4.98 Å². The molecule has 1 amide bonds. The summed E-state index contributed by atoms with van der Waals surface area (Å²) < 4.78 is 13.0. The molecule has 3 aromatic carbocycles. The van der Waals surface area contributed by atoms with Crippen LogP contribution in [-0.2, 0) is 9.53 Å². The predicted octanol–water partition coefficient (Wildman–Crippen LogP) is 6.40. The summed E-state index contributed by atoms with van der Waals surface area (Å²) in [6, 6.07) is 21.2. The molecule has 33 heavy (non-hydrogen) atoms. The summed E-state index contributed by atoms with van der Waals surface area (Å²) in [5.41, 5.74) is 2.44. The molecule has 7 heteroatoms. The molecule has 1 fully saturated rings. The number of thiazole rings is 1. The number of carbonyl (C=O) groups excluding carboxylic acids is 1. The number of nitrogens with zero attached hydrogens (tertiary/aromatic N) is 2. The van der Waals surface area contributed by atoms with Crippen molar-refractivity contribution in [2.24, 2.45) is 0 Å². The Labute approximate surface area is 200 Å². The molecule has 0 aliphatic carbocycles. The fourth-order valence-electron chi connectivity index (χ4n) is 4.60. The van der Waals surface area contributed by atoms with E-state index in [0.717, 1.165) is 40.8 Å². The van der Waals surface area contributed by atoms with Gasteiger partial charge in [-0.2, -0.15) is 0 Å². The molecule has 1 atom stereocenters. The number of amides is 1. The van der Waals surface area contributed by atoms with Gasteiger partial charge in [-0.3, -0.25) is 9.69 Å². The van der Waals surface area contributed by atoms with Crippen LogP contribution in [0.15, 0.2) is 66.7 Å². The van der Waals surface area contributed by atoms with Gasteiger partial charge in [0.1, 0.15) is 17.0 Å². The third-order valence-electron chi connectivity index (χ3n) is 6.19. The molecule has 1 aromatic heterocycles. The van der Waals surface area contributed by atoms with E-state index in [0.29, 0.717) is 28.2 Å². The highest BCUT2D eigenvalue weighted by Crippen LogP contribution is 2.45. The SMILES string of the molecule is O=C(C1c2ccccc2Oc2ccccc21)N(CC1CCCO1)c1nc2c(Cl)cccc2s1. The van der Waals surface area contributed by atoms with Crippen molar-refractivity contribution < 1.29 is 14.3 Å². The van der Waals surface area contributed by atoms with Crippen molar-refractivity contribution in [3.05, 3.63) is 82.9 Å². The normalized spacial score (nSPS) is 17.4. The van der Waals surface area contributed by atoms with Crippen molar-refractivity contribution in [2.75, 3.05) is 18.1 Å². The lowest BCUT2D eigenvalue weighted by atomic mass is 9.87. The summed E-state index contributed by atoms with van der Waals surface area (Å²) in [6.07, 6.45) is 1.92. The number of hydrogen-bond donors (Lipinski definition) is 0. The second-order valence-corrected chi connectivity index (χ2v) is 9.69. The van der Waals surface area contributed by atoms with Crippen LogP contribution in [0.3, 0.4) is 0 Å². The first kappa shape index (κ1) is 20.7. The molecular formula is C26H21ClN2O3S. The Balaban J connectivity index is 1.47. The highest BCUT2D eigenvalue weighted by molar-refractivity contribution is 7.22. The fraction of sp³-hybridized carbons (Fsp3) is 0.231. The zero-order valence-electron chi connectivity index (χ0n) is 17.7. The van der Waals surface area contributed by atoms with Crippen LogP contribution in [0.1, 0.15) is 29.9 Å². The summed E-state index contributed by atoms with van der Waals surface area (Å²) in [4.78, 5) is 20.9. The minimum atomic E-state index is -0.491. The molecule has 166 valence electrons. The van der Waals surface area contributed by atoms with E-state index >= 15 is 0 Å². The molecule has 2 aliphatic heterocycles. The van der Waals surface area contributed by atoms with E-state index in [-0.39, 0.29) is 12.0 Å². The third-order valence-corrected chi connectivity index (χ3v) is 7.54. The van der Waals surface area contributed by atoms with Gasteiger partial charge in [0.05, 0.1) is 28.3 Å². The summed E-state index contributed by atoms with van der Waals surface area (Å²) in [5.74, 6) is 0.886. The second-order valence-electron chi connectivity index (χ2n) is 8.28. The van der Waals surface area contributed by atoms with Gasteiger partial charge in [0.25, 0.3) is 0 Å². The van der Waals surface area contributed by atoms with E-state index in [1.165, 1.54) is 11.3 Å². The van der Waals surface area contributed by atoms with Crippen molar-refractivity contribution in [3.8, 4) is 11.5 Å². The first-order valence-electron chi connectivity index (χ1n) is 11.0. The van der Waals surface area contributed by atoms with Gasteiger partial charge in [0.15, 0.2) is 5.13 Å². The standard InChI is InChI=1S/C26H21ClN2O3S/c27-19-10-5-13-22-24(19)28-26(33-22)29(15-16-7-6-14-31-16)25(30)23-17-8-1-3-11-20(17)32-21-12-4-2-9-18(21)23/h1-5,8-13,16,23H,6-7,14-15H2. The Kier molecular flexibility index (Phi) is 5.29. The third kappa shape index (κ3) is 3.68. The van der Waals surface area contributed by atoms with Gasteiger partial charge in [0, 0.05) is 17.7 Å². The van der Waals surface area contributed by atoms with Gasteiger partial charge in [-0.1, -0.05) is 65.4 Å². The topological polar surface area (TPSA) is 51.7 Å². The maximum atomic E-state index is 14.3. The maximum absolute atomic E-state index is 14.3. The quantitative estimate of drug-likeness (QED) is 0.342. The molecule has 4 aromatic rings. The lowest BCUT2D eigenvalue weighted by molar-refractivity contribution is -0.119. The van der Waals surface area contributed by atoms with Crippen molar-refractivity contribution in [1.82, 2.24) is 4.98 Å². The molecule has 6 rings (SSSR count). The number of anilines is 1. The Morgan fingerprint density at radius 1 is 1.03 bits per heavy atom. The summed E-state index contributed by atoms with van der Waals surface area (Å²) in [6.45, 7) is 1.18. The van der Waals surface area contributed by atoms with Gasteiger partial charge >= 0.3 is 0 Å². The number of carbonyl (C=O) groups is 1. The molecule has 0 radical (unpaired) electrons. The molecule has 0 bridgehead atoms. The van der Waals surface area contributed by atoms with Gasteiger partial charge < -0.3 is 9.47 Å². The van der Waals surface area contributed by atoms with Crippen LogP contribution < -0.4 is 9.64 Å². The van der Waals surface area contributed by atoms with Crippen molar-refractivity contribution >= 4 is 44.2 Å². The molecule has 3 heterocycles. The molecule has 0 saturated carbocycles. The molecule has 0 N–H and O–H groups in total. The molecule has 1 saturated heterocycles. The zero-order valence-corrected chi connectivity index (χ0v) is 19.3. The first-order valence-corrected chi connectivity index (χ1v) is 12.2. The Hall–Kier alpha value is -2.93. The minimum absolute atomic E-state index is 0.0123. The summed E-state index contributed by atoms with van der Waals surface area (Å²) in [7, 11) is 0. The lowest BCUT2D eigenvalue weighted by Crippen LogP contribution is -2.41. The lowest BCUT2D eigenvalue weighted by Gasteiger charge is -2.32. The summed E-state index contributed by atoms with van der Waals surface area (Å²) >= 11 is 7.89. The van der Waals surface area contributed by atoms with Gasteiger partial charge in [-0.15, -0.1) is 0 Å². The van der Waals surface area contributed by atoms with Crippen LogP contribution in [0.5, 0.6) is 11.5 Å². The predicted molar refractivity (Wildman–Crippen MR) is 131 cm³/mol. The fourth-order valence-corrected chi connectivity index (χ4v) is 5.88. The van der Waals surface area contributed by atoms with Crippen molar-refractivity contribution in [1.29, 1.82) is 0 Å². The van der Waals surface area contributed by atoms with E-state index in [1.54, 1.807) is 4.90 Å². The van der Waals surface area contributed by atoms with Crippen LogP contribution >= 0.6 is 22.9 Å². The minimum Gasteiger partial charge on any atom is -0.457 e. The van der Waals surface area contributed by atoms with E-state index in [4.69, 9.17) is 26.1 Å². The van der Waals surface area contributed by atoms with E-state index in [9.17, 15) is 4.79 Å². The monoisotopic (exact) mass is 476 g/mol. The number of ether oxygens (including phenoxy) is 2. The number of rotatable bonds is 4. The van der Waals surface area contributed by atoms with Gasteiger partial charge in [0.2, 0.25) is 5.91 Å². The second kappa shape index (κ2) is 8.45. The van der Waals surface area contributed by atoms with Crippen LogP contribution in [0.2, 0.25) is 5.02 Å². The van der Waals surface area contributed by atoms with Gasteiger partial charge in [-0.05, 0) is 37.1 Å². The maximum Gasteiger partial charge on any atom is 0.241 e. The number of hydrogen-bond acceptors (Lipinski definition) is 5. The van der Waals surface area contributed by atoms with Crippen LogP contribution in [0.4, 0.5) is 5.13 Å². The Bertz CT molecular complexity index is 1300. The van der Waals surface area contributed by atoms with Crippen molar-refractivity contribution in [3.63, 3.8) is 0 Å². The summed E-state index contributed by atoms with van der Waals surface area (Å²) in [5, 5.41) is 1.22. The molecule has 1 unspecified atom stereocenters. The van der Waals surface area contributed by atoms with E-state index in [2.05, 4.69) is 0 Å². The first-order chi connectivity index (χ1) is 16.2. The van der Waals surface area contributed by atoms with E-state index in [1.807, 2.05) is 66.7 Å². The van der Waals surface area contributed by atoms with E-state index < -0.39 is 5.92 Å². The zero-order chi connectivity index (χ0) is 22.4. The number of benzene rings is 3. The number of fused-ring (bicyclic) bond motifs is 3. The Morgan fingerprint density at radius 2 is 1.76 bits per heavy atom. The highest BCUT2D eigenvalue weighted by atomic mass is 35.5. The van der Waals surface area contributed by atoms with Crippen LogP contribution in [-0.4, -0.2) is 30.1 Å². The molecule has 2 aliphatic rings. The number of halogens is 1. The number of aromatic nitrogens is 1. The molecular weight excluding hydrogens is 456 g/mol. The molecule has 5 nitrogen and oxygen atoms in total. The van der Waals surface area contributed by atoms with Crippen LogP contribution in [0, 0.1) is 0 Å². The largest absolute Gasteiger partial charge is 0.457 e. The van der Waals surface area contributed by atoms with Crippen molar-refractivity contribution in [2.45, 2.75) is 24.9 Å². The molecule has 0 spiro atoms. The van der Waals surface area contributed by atoms with Crippen LogP contribution in [0.25, 0.3) is 10.2 Å². The average Bonchev–Trinajstić information content (AvgIpc) is 3.51. The highest BCUT2D eigenvalue weighted by Gasteiger charge is 2.37. The average molecular weight is 477 g/mol.